The number of amides is 1. The molecule has 1 N–H and O–H groups in total. The Morgan fingerprint density at radius 3 is 2.36 bits per heavy atom. The standard InChI is InChI=1S/C21H19N3O/c1-15-20(16(2)24(3)23-15)21(25)22-19-11-7-10-18(14-19)13-12-17-8-5-4-6-9-17/h4-11,14H,1-3H3,(H,22,25). The fourth-order valence-electron chi connectivity index (χ4n) is 2.64. The summed E-state index contributed by atoms with van der Waals surface area (Å²) in [6.07, 6.45) is 0. The Morgan fingerprint density at radius 2 is 1.68 bits per heavy atom. The van der Waals surface area contributed by atoms with Crippen LogP contribution in [0.25, 0.3) is 0 Å². The molecule has 0 unspecified atom stereocenters. The van der Waals surface area contributed by atoms with Crippen LogP contribution in [0.1, 0.15) is 32.9 Å². The minimum atomic E-state index is -0.156. The van der Waals surface area contributed by atoms with Crippen molar-refractivity contribution in [2.45, 2.75) is 13.8 Å². The molecule has 124 valence electrons. The van der Waals surface area contributed by atoms with Crippen molar-refractivity contribution in [1.82, 2.24) is 9.78 Å². The highest BCUT2D eigenvalue weighted by molar-refractivity contribution is 6.05. The van der Waals surface area contributed by atoms with Gasteiger partial charge in [0.05, 0.1) is 11.3 Å². The largest absolute Gasteiger partial charge is 0.322 e. The zero-order valence-electron chi connectivity index (χ0n) is 14.5. The van der Waals surface area contributed by atoms with Crippen molar-refractivity contribution in [3.8, 4) is 11.8 Å². The lowest BCUT2D eigenvalue weighted by Gasteiger charge is -2.06. The number of carbonyl (C=O) groups is 1. The van der Waals surface area contributed by atoms with E-state index in [4.69, 9.17) is 0 Å². The molecule has 0 aliphatic carbocycles. The number of nitrogens with zero attached hydrogens (tertiary/aromatic N) is 2. The first kappa shape index (κ1) is 16.5. The molecule has 0 saturated carbocycles. The normalized spacial score (nSPS) is 10.0. The summed E-state index contributed by atoms with van der Waals surface area (Å²) in [5, 5.41) is 7.22. The number of aryl methyl sites for hydroxylation is 2. The van der Waals surface area contributed by atoms with Crippen molar-refractivity contribution >= 4 is 11.6 Å². The molecule has 3 rings (SSSR count). The lowest BCUT2D eigenvalue weighted by molar-refractivity contribution is 0.102. The van der Waals surface area contributed by atoms with Crippen LogP contribution in [0.15, 0.2) is 54.6 Å². The number of nitrogens with one attached hydrogen (secondary N) is 1. The average Bonchev–Trinajstić information content (AvgIpc) is 2.86. The maximum absolute atomic E-state index is 12.6. The number of carbonyl (C=O) groups excluding carboxylic acids is 1. The SMILES string of the molecule is Cc1nn(C)c(C)c1C(=O)Nc1cccc(C#Cc2ccccc2)c1. The van der Waals surface area contributed by atoms with Crippen LogP contribution in [0.4, 0.5) is 5.69 Å². The van der Waals surface area contributed by atoms with Gasteiger partial charge in [-0.15, -0.1) is 0 Å². The van der Waals surface area contributed by atoms with Crippen LogP contribution in [0.2, 0.25) is 0 Å². The molecule has 0 spiro atoms. The molecule has 4 nitrogen and oxygen atoms in total. The first-order valence-corrected chi connectivity index (χ1v) is 8.03. The van der Waals surface area contributed by atoms with Gasteiger partial charge in [0, 0.05) is 29.6 Å². The minimum absolute atomic E-state index is 0.156. The van der Waals surface area contributed by atoms with Gasteiger partial charge in [-0.3, -0.25) is 9.48 Å². The number of hydrogen-bond acceptors (Lipinski definition) is 2. The third-order valence-electron chi connectivity index (χ3n) is 3.98. The summed E-state index contributed by atoms with van der Waals surface area (Å²) < 4.78 is 1.71. The molecule has 1 amide bonds. The summed E-state index contributed by atoms with van der Waals surface area (Å²) >= 11 is 0. The molecule has 25 heavy (non-hydrogen) atoms. The van der Waals surface area contributed by atoms with Crippen molar-refractivity contribution in [3.63, 3.8) is 0 Å². The number of rotatable bonds is 2. The molecule has 1 aromatic heterocycles. The number of hydrogen-bond donors (Lipinski definition) is 1. The molecule has 0 saturated heterocycles. The zero-order chi connectivity index (χ0) is 17.8. The smallest absolute Gasteiger partial charge is 0.259 e. The van der Waals surface area contributed by atoms with Crippen LogP contribution in [0, 0.1) is 25.7 Å². The Hall–Kier alpha value is -3.32. The highest BCUT2D eigenvalue weighted by Crippen LogP contribution is 2.16. The monoisotopic (exact) mass is 329 g/mol. The van der Waals surface area contributed by atoms with E-state index in [1.165, 1.54) is 0 Å². The Bertz CT molecular complexity index is 975. The van der Waals surface area contributed by atoms with E-state index in [1.807, 2.05) is 75.5 Å². The molecule has 0 bridgehead atoms. The summed E-state index contributed by atoms with van der Waals surface area (Å²) in [6, 6.07) is 17.3. The molecule has 4 heteroatoms. The van der Waals surface area contributed by atoms with Crippen molar-refractivity contribution in [1.29, 1.82) is 0 Å². The summed E-state index contributed by atoms with van der Waals surface area (Å²) in [5.74, 6) is 6.09. The maximum atomic E-state index is 12.6. The molecule has 0 radical (unpaired) electrons. The van der Waals surface area contributed by atoms with E-state index in [9.17, 15) is 4.79 Å². The summed E-state index contributed by atoms with van der Waals surface area (Å²) in [4.78, 5) is 12.6. The number of anilines is 1. The molecular formula is C21H19N3O. The van der Waals surface area contributed by atoms with E-state index in [2.05, 4.69) is 22.3 Å². The maximum Gasteiger partial charge on any atom is 0.259 e. The summed E-state index contributed by atoms with van der Waals surface area (Å²) in [5.41, 5.74) is 4.70. The quantitative estimate of drug-likeness (QED) is 0.729. The van der Waals surface area contributed by atoms with Gasteiger partial charge < -0.3 is 5.32 Å². The molecular weight excluding hydrogens is 310 g/mol. The predicted molar refractivity (Wildman–Crippen MR) is 99.5 cm³/mol. The lowest BCUT2D eigenvalue weighted by atomic mass is 10.1. The van der Waals surface area contributed by atoms with Crippen molar-refractivity contribution in [2.75, 3.05) is 5.32 Å². The first-order valence-electron chi connectivity index (χ1n) is 8.03. The van der Waals surface area contributed by atoms with Gasteiger partial charge in [-0.2, -0.15) is 5.10 Å². The Labute approximate surface area is 147 Å². The van der Waals surface area contributed by atoms with Crippen LogP contribution in [0.3, 0.4) is 0 Å². The molecule has 1 heterocycles. The van der Waals surface area contributed by atoms with Gasteiger partial charge in [-0.05, 0) is 44.2 Å². The first-order chi connectivity index (χ1) is 12.0. The predicted octanol–water partition coefficient (Wildman–Crippen LogP) is 3.69. The Morgan fingerprint density at radius 1 is 1.00 bits per heavy atom. The third-order valence-corrected chi connectivity index (χ3v) is 3.98. The Kier molecular flexibility index (Phi) is 4.67. The molecule has 3 aromatic rings. The number of benzene rings is 2. The molecule has 0 fully saturated rings. The van der Waals surface area contributed by atoms with E-state index >= 15 is 0 Å². The van der Waals surface area contributed by atoms with Gasteiger partial charge in [0.15, 0.2) is 0 Å². The van der Waals surface area contributed by atoms with Crippen LogP contribution >= 0.6 is 0 Å². The lowest BCUT2D eigenvalue weighted by Crippen LogP contribution is -2.14. The van der Waals surface area contributed by atoms with E-state index in [0.29, 0.717) is 11.3 Å². The van der Waals surface area contributed by atoms with Crippen LogP contribution < -0.4 is 5.32 Å². The van der Waals surface area contributed by atoms with Crippen molar-refractivity contribution in [3.05, 3.63) is 82.7 Å². The highest BCUT2D eigenvalue weighted by Gasteiger charge is 2.17. The zero-order valence-corrected chi connectivity index (χ0v) is 14.5. The third kappa shape index (κ3) is 3.78. The van der Waals surface area contributed by atoms with Gasteiger partial charge in [0.2, 0.25) is 0 Å². The number of aromatic nitrogens is 2. The van der Waals surface area contributed by atoms with Gasteiger partial charge in [0.1, 0.15) is 0 Å². The van der Waals surface area contributed by atoms with Gasteiger partial charge in [-0.25, -0.2) is 0 Å². The van der Waals surface area contributed by atoms with Crippen molar-refractivity contribution < 1.29 is 4.79 Å². The average molecular weight is 329 g/mol. The van der Waals surface area contributed by atoms with Crippen LogP contribution in [0.5, 0.6) is 0 Å². The molecule has 0 aliphatic rings. The molecule has 2 aromatic carbocycles. The minimum Gasteiger partial charge on any atom is -0.322 e. The van der Waals surface area contributed by atoms with Gasteiger partial charge in [0.25, 0.3) is 5.91 Å². The van der Waals surface area contributed by atoms with E-state index < -0.39 is 0 Å². The fourth-order valence-corrected chi connectivity index (χ4v) is 2.64. The second kappa shape index (κ2) is 7.06. The van der Waals surface area contributed by atoms with Crippen LogP contribution in [-0.2, 0) is 7.05 Å². The second-order valence-electron chi connectivity index (χ2n) is 5.82. The Balaban J connectivity index is 1.80. The van der Waals surface area contributed by atoms with Crippen LogP contribution in [-0.4, -0.2) is 15.7 Å². The fraction of sp³-hybridized carbons (Fsp3) is 0.143. The van der Waals surface area contributed by atoms with E-state index in [-0.39, 0.29) is 5.91 Å². The van der Waals surface area contributed by atoms with E-state index in [1.54, 1.807) is 4.68 Å². The second-order valence-corrected chi connectivity index (χ2v) is 5.82. The van der Waals surface area contributed by atoms with Crippen molar-refractivity contribution in [2.24, 2.45) is 7.05 Å². The molecule has 0 atom stereocenters. The van der Waals surface area contributed by atoms with E-state index in [0.717, 1.165) is 22.5 Å². The van der Waals surface area contributed by atoms with Gasteiger partial charge in [-0.1, -0.05) is 36.1 Å². The summed E-state index contributed by atoms with van der Waals surface area (Å²) in [6.45, 7) is 3.72. The summed E-state index contributed by atoms with van der Waals surface area (Å²) in [7, 11) is 1.83. The molecule has 0 aliphatic heterocycles. The topological polar surface area (TPSA) is 46.9 Å². The highest BCUT2D eigenvalue weighted by atomic mass is 16.1. The van der Waals surface area contributed by atoms with Gasteiger partial charge >= 0.3 is 0 Å².